The average molecular weight is 334 g/mol. The zero-order chi connectivity index (χ0) is 17.2. The van der Waals surface area contributed by atoms with E-state index in [1.54, 1.807) is 19.1 Å². The zero-order valence-electron chi connectivity index (χ0n) is 13.6. The van der Waals surface area contributed by atoms with E-state index in [0.717, 1.165) is 0 Å². The van der Waals surface area contributed by atoms with Crippen molar-refractivity contribution in [3.05, 3.63) is 24.3 Å². The molecule has 2 heterocycles. The second-order valence-corrected chi connectivity index (χ2v) is 6.28. The highest BCUT2D eigenvalue weighted by Gasteiger charge is 2.40. The number of primary amides is 1. The first-order valence-electron chi connectivity index (χ1n) is 8.09. The molecule has 7 nitrogen and oxygen atoms in total. The van der Waals surface area contributed by atoms with Crippen LogP contribution in [0.3, 0.4) is 0 Å². The normalized spacial score (nSPS) is 24.9. The van der Waals surface area contributed by atoms with E-state index in [-0.39, 0.29) is 12.5 Å². The van der Waals surface area contributed by atoms with Crippen molar-refractivity contribution in [3.8, 4) is 11.5 Å². The van der Waals surface area contributed by atoms with Gasteiger partial charge in [0, 0.05) is 19.8 Å². The third kappa shape index (κ3) is 3.17. The Bertz CT molecular complexity index is 627. The van der Waals surface area contributed by atoms with E-state index in [4.69, 9.17) is 19.9 Å². The number of carbonyl (C=O) groups excluding carboxylic acids is 2. The maximum Gasteiger partial charge on any atom is 0.265 e. The molecule has 7 heteroatoms. The van der Waals surface area contributed by atoms with Crippen molar-refractivity contribution in [1.29, 1.82) is 0 Å². The smallest absolute Gasteiger partial charge is 0.265 e. The quantitative estimate of drug-likeness (QED) is 0.840. The predicted molar refractivity (Wildman–Crippen MR) is 85.6 cm³/mol. The lowest BCUT2D eigenvalue weighted by Gasteiger charge is -2.35. The van der Waals surface area contributed by atoms with Gasteiger partial charge in [-0.1, -0.05) is 12.1 Å². The van der Waals surface area contributed by atoms with Crippen molar-refractivity contribution >= 4 is 11.8 Å². The summed E-state index contributed by atoms with van der Waals surface area (Å²) in [4.78, 5) is 24.4. The number of nitrogens with two attached hydrogens (primary N) is 1. The first-order chi connectivity index (χ1) is 11.5. The summed E-state index contributed by atoms with van der Waals surface area (Å²) in [7, 11) is 0. The van der Waals surface area contributed by atoms with Crippen LogP contribution in [0.1, 0.15) is 19.8 Å². The lowest BCUT2D eigenvalue weighted by molar-refractivity contribution is -0.137. The molecule has 1 aromatic carbocycles. The summed E-state index contributed by atoms with van der Waals surface area (Å²) in [6.45, 7) is 2.88. The van der Waals surface area contributed by atoms with E-state index in [2.05, 4.69) is 5.32 Å². The Labute approximate surface area is 140 Å². The van der Waals surface area contributed by atoms with Gasteiger partial charge in [-0.25, -0.2) is 0 Å². The zero-order valence-corrected chi connectivity index (χ0v) is 13.6. The van der Waals surface area contributed by atoms with Gasteiger partial charge in [0.1, 0.15) is 6.10 Å². The summed E-state index contributed by atoms with van der Waals surface area (Å²) in [5.74, 6) is 0.424. The number of para-hydroxylation sites is 2. The number of hydrogen-bond donors (Lipinski definition) is 2. The number of carbonyl (C=O) groups is 2. The van der Waals surface area contributed by atoms with Crippen LogP contribution >= 0.6 is 0 Å². The van der Waals surface area contributed by atoms with Gasteiger partial charge < -0.3 is 25.3 Å². The monoisotopic (exact) mass is 334 g/mol. The molecule has 1 saturated heterocycles. The number of ether oxygens (including phenoxy) is 3. The molecule has 0 unspecified atom stereocenters. The molecule has 2 amide bonds. The van der Waals surface area contributed by atoms with E-state index in [1.807, 2.05) is 12.1 Å². The lowest BCUT2D eigenvalue weighted by Crippen LogP contribution is -2.54. The maximum absolute atomic E-state index is 12.5. The maximum atomic E-state index is 12.5. The number of amides is 2. The molecular formula is C17H22N2O5. The minimum Gasteiger partial charge on any atom is -0.482 e. The molecule has 1 aromatic rings. The summed E-state index contributed by atoms with van der Waals surface area (Å²) in [6.07, 6.45) is -0.199. The van der Waals surface area contributed by atoms with Gasteiger partial charge in [0.15, 0.2) is 11.5 Å². The van der Waals surface area contributed by atoms with Gasteiger partial charge in [0.25, 0.3) is 5.91 Å². The molecule has 3 N–H and O–H groups in total. The number of rotatable bonds is 4. The number of nitrogens with one attached hydrogen (secondary N) is 1. The molecule has 3 rings (SSSR count). The van der Waals surface area contributed by atoms with Gasteiger partial charge in [0.05, 0.1) is 5.41 Å². The Morgan fingerprint density at radius 3 is 2.46 bits per heavy atom. The van der Waals surface area contributed by atoms with Crippen molar-refractivity contribution in [2.24, 2.45) is 11.1 Å². The molecule has 0 saturated carbocycles. The SMILES string of the molecule is C[C@H]1Oc2ccccc2O[C@H]1C(=O)NCC1(C(N)=O)CCOCC1. The third-order valence-electron chi connectivity index (χ3n) is 4.67. The minimum absolute atomic E-state index is 0.179. The fraction of sp³-hybridized carbons (Fsp3) is 0.529. The van der Waals surface area contributed by atoms with Crippen molar-refractivity contribution in [3.63, 3.8) is 0 Å². The fourth-order valence-electron chi connectivity index (χ4n) is 3.04. The molecule has 2 aliphatic heterocycles. The molecule has 2 aliphatic rings. The molecular weight excluding hydrogens is 312 g/mol. The second-order valence-electron chi connectivity index (χ2n) is 6.28. The third-order valence-corrected chi connectivity index (χ3v) is 4.67. The van der Waals surface area contributed by atoms with E-state index >= 15 is 0 Å². The second kappa shape index (κ2) is 6.68. The van der Waals surface area contributed by atoms with E-state index in [9.17, 15) is 9.59 Å². The van der Waals surface area contributed by atoms with Crippen LogP contribution in [0.5, 0.6) is 11.5 Å². The Balaban J connectivity index is 1.65. The van der Waals surface area contributed by atoms with Gasteiger partial charge in [-0.15, -0.1) is 0 Å². The largest absolute Gasteiger partial charge is 0.482 e. The predicted octanol–water partition coefficient (Wildman–Crippen LogP) is 0.613. The highest BCUT2D eigenvalue weighted by atomic mass is 16.6. The average Bonchev–Trinajstić information content (AvgIpc) is 2.59. The van der Waals surface area contributed by atoms with Crippen LogP contribution in [0, 0.1) is 5.41 Å². The summed E-state index contributed by atoms with van der Waals surface area (Å²) < 4.78 is 16.8. The van der Waals surface area contributed by atoms with Gasteiger partial charge in [-0.2, -0.15) is 0 Å². The molecule has 0 aliphatic carbocycles. The molecule has 0 radical (unpaired) electrons. The van der Waals surface area contributed by atoms with Gasteiger partial charge in [-0.3, -0.25) is 9.59 Å². The number of hydrogen-bond acceptors (Lipinski definition) is 5. The highest BCUT2D eigenvalue weighted by Crippen LogP contribution is 2.34. The Morgan fingerprint density at radius 2 is 1.83 bits per heavy atom. The van der Waals surface area contributed by atoms with Crippen LogP contribution in [-0.4, -0.2) is 43.8 Å². The standard InChI is InChI=1S/C17H22N2O5/c1-11-14(24-13-5-3-2-4-12(13)23-11)15(20)19-10-17(16(18)21)6-8-22-9-7-17/h2-5,11,14H,6-10H2,1H3,(H2,18,21)(H,19,20)/t11-,14-/m1/s1. The summed E-state index contributed by atoms with van der Waals surface area (Å²) in [5.41, 5.74) is 4.80. The van der Waals surface area contributed by atoms with Crippen LogP contribution in [0.2, 0.25) is 0 Å². The summed E-state index contributed by atoms with van der Waals surface area (Å²) in [6, 6.07) is 7.21. The van der Waals surface area contributed by atoms with Crippen LogP contribution in [0.25, 0.3) is 0 Å². The Morgan fingerprint density at radius 1 is 1.21 bits per heavy atom. The van der Waals surface area contributed by atoms with E-state index < -0.39 is 23.5 Å². The van der Waals surface area contributed by atoms with Crippen LogP contribution in [0.15, 0.2) is 24.3 Å². The van der Waals surface area contributed by atoms with Gasteiger partial charge in [0.2, 0.25) is 12.0 Å². The fourth-order valence-corrected chi connectivity index (χ4v) is 3.04. The molecule has 0 aromatic heterocycles. The molecule has 2 atom stereocenters. The van der Waals surface area contributed by atoms with Crippen molar-refractivity contribution in [2.75, 3.05) is 19.8 Å². The van der Waals surface area contributed by atoms with Crippen molar-refractivity contribution in [2.45, 2.75) is 32.0 Å². The molecule has 130 valence electrons. The number of benzene rings is 1. The van der Waals surface area contributed by atoms with Gasteiger partial charge in [-0.05, 0) is 31.9 Å². The molecule has 0 spiro atoms. The molecule has 24 heavy (non-hydrogen) atoms. The minimum atomic E-state index is -0.773. The molecule has 0 bridgehead atoms. The lowest BCUT2D eigenvalue weighted by atomic mass is 9.79. The Hall–Kier alpha value is -2.28. The molecule has 1 fully saturated rings. The van der Waals surface area contributed by atoms with Crippen LogP contribution < -0.4 is 20.5 Å². The Kier molecular flexibility index (Phi) is 4.62. The van der Waals surface area contributed by atoms with Crippen LogP contribution in [-0.2, 0) is 14.3 Å². The van der Waals surface area contributed by atoms with Crippen LogP contribution in [0.4, 0.5) is 0 Å². The number of fused-ring (bicyclic) bond motifs is 1. The summed E-state index contributed by atoms with van der Waals surface area (Å²) in [5, 5.41) is 2.81. The topological polar surface area (TPSA) is 99.9 Å². The first kappa shape index (κ1) is 16.6. The van der Waals surface area contributed by atoms with Crippen molar-refractivity contribution < 1.29 is 23.8 Å². The first-order valence-corrected chi connectivity index (χ1v) is 8.09. The van der Waals surface area contributed by atoms with E-state index in [0.29, 0.717) is 37.6 Å². The summed E-state index contributed by atoms with van der Waals surface area (Å²) >= 11 is 0. The van der Waals surface area contributed by atoms with Gasteiger partial charge >= 0.3 is 0 Å². The van der Waals surface area contributed by atoms with E-state index in [1.165, 1.54) is 0 Å². The van der Waals surface area contributed by atoms with Crippen molar-refractivity contribution in [1.82, 2.24) is 5.32 Å². The highest BCUT2D eigenvalue weighted by molar-refractivity contribution is 5.85.